The number of piperazine rings is 1. The van der Waals surface area contributed by atoms with Gasteiger partial charge in [0.1, 0.15) is 6.04 Å². The Hall–Kier alpha value is -4.22. The van der Waals surface area contributed by atoms with Gasteiger partial charge in [0.15, 0.2) is 0 Å². The van der Waals surface area contributed by atoms with Crippen LogP contribution < -0.4 is 0 Å². The summed E-state index contributed by atoms with van der Waals surface area (Å²) in [6.07, 6.45) is 7.05. The number of rotatable bonds is 9. The normalized spacial score (nSPS) is 15.6. The molecule has 1 fully saturated rings. The third-order valence-electron chi connectivity index (χ3n) is 8.92. The van der Waals surface area contributed by atoms with Crippen LogP contribution in [0.15, 0.2) is 110 Å². The zero-order valence-electron chi connectivity index (χ0n) is 23.9. The maximum Gasteiger partial charge on any atom is 0.254 e. The van der Waals surface area contributed by atoms with Crippen molar-refractivity contribution in [3.8, 4) is 11.1 Å². The predicted molar refractivity (Wildman–Crippen MR) is 167 cm³/mol. The summed E-state index contributed by atoms with van der Waals surface area (Å²) in [5.74, 6) is 0.143. The van der Waals surface area contributed by atoms with Gasteiger partial charge in [0.25, 0.3) is 5.91 Å². The molecule has 2 heterocycles. The van der Waals surface area contributed by atoms with Crippen molar-refractivity contribution >= 4 is 16.7 Å². The van der Waals surface area contributed by atoms with E-state index in [9.17, 15) is 4.79 Å². The maximum atomic E-state index is 13.8. The fourth-order valence-corrected chi connectivity index (χ4v) is 6.55. The average molecular weight is 544 g/mol. The minimum absolute atomic E-state index is 0.143. The minimum Gasteiger partial charge on any atom is -0.344 e. The Balaban J connectivity index is 1.25. The lowest BCUT2D eigenvalue weighted by molar-refractivity contribution is -0.960. The van der Waals surface area contributed by atoms with Crippen molar-refractivity contribution in [3.05, 3.63) is 126 Å². The van der Waals surface area contributed by atoms with E-state index in [2.05, 4.69) is 94.6 Å². The van der Waals surface area contributed by atoms with Crippen LogP contribution in [0.1, 0.15) is 47.4 Å². The smallest absolute Gasteiger partial charge is 0.254 e. The molecule has 1 amide bonds. The van der Waals surface area contributed by atoms with Crippen molar-refractivity contribution in [2.24, 2.45) is 0 Å². The van der Waals surface area contributed by atoms with Gasteiger partial charge in [-0.05, 0) is 39.9 Å². The quantitative estimate of drug-likeness (QED) is 0.199. The van der Waals surface area contributed by atoms with E-state index in [0.29, 0.717) is 0 Å². The molecule has 0 bridgehead atoms. The van der Waals surface area contributed by atoms with Crippen LogP contribution in [0.4, 0.5) is 0 Å². The van der Waals surface area contributed by atoms with Crippen molar-refractivity contribution in [1.29, 1.82) is 0 Å². The maximum absolute atomic E-state index is 13.8. The molecule has 1 unspecified atom stereocenters. The Bertz CT molecular complexity index is 1560. The summed E-state index contributed by atoms with van der Waals surface area (Å²) in [6.45, 7) is 6.74. The molecule has 5 heteroatoms. The lowest BCUT2D eigenvalue weighted by Gasteiger charge is -2.49. The van der Waals surface area contributed by atoms with Crippen LogP contribution in [-0.2, 0) is 6.42 Å². The molecule has 4 aromatic carbocycles. The summed E-state index contributed by atoms with van der Waals surface area (Å²) in [4.78, 5) is 23.7. The van der Waals surface area contributed by atoms with Crippen LogP contribution in [0.25, 0.3) is 21.9 Å². The number of carbonyl (C=O) groups excluding carboxylic acids is 1. The Morgan fingerprint density at radius 2 is 1.59 bits per heavy atom. The number of aromatic amines is 1. The minimum atomic E-state index is 0.143. The first-order valence-corrected chi connectivity index (χ1v) is 14.9. The number of nitrogens with one attached hydrogen (secondary N) is 1. The van der Waals surface area contributed by atoms with E-state index >= 15 is 0 Å². The number of amides is 1. The second-order valence-corrected chi connectivity index (χ2v) is 11.4. The third-order valence-corrected chi connectivity index (χ3v) is 8.92. The SMILES string of the molecule is CCCC[N+]1(C(Cc2ccc(-c3ccccc3)cc2)c2cnc[nH]2)CCN(C(=O)c2cccc3ccccc23)CC1. The highest BCUT2D eigenvalue weighted by Gasteiger charge is 2.42. The van der Waals surface area contributed by atoms with Gasteiger partial charge in [-0.1, -0.05) is 104 Å². The molecular formula is C36H39N4O+. The van der Waals surface area contributed by atoms with Gasteiger partial charge in [-0.3, -0.25) is 4.79 Å². The highest BCUT2D eigenvalue weighted by Crippen LogP contribution is 2.35. The van der Waals surface area contributed by atoms with Crippen molar-refractivity contribution in [1.82, 2.24) is 14.9 Å². The van der Waals surface area contributed by atoms with Gasteiger partial charge in [0.05, 0.1) is 50.9 Å². The lowest BCUT2D eigenvalue weighted by atomic mass is 9.95. The average Bonchev–Trinajstić information content (AvgIpc) is 3.58. The van der Waals surface area contributed by atoms with Gasteiger partial charge in [-0.15, -0.1) is 0 Å². The summed E-state index contributed by atoms with van der Waals surface area (Å²) in [7, 11) is 0. The van der Waals surface area contributed by atoms with Crippen molar-refractivity contribution in [2.75, 3.05) is 32.7 Å². The summed E-state index contributed by atoms with van der Waals surface area (Å²) in [5.41, 5.74) is 5.79. The Morgan fingerprint density at radius 1 is 0.878 bits per heavy atom. The second kappa shape index (κ2) is 12.1. The Labute approximate surface area is 243 Å². The van der Waals surface area contributed by atoms with E-state index in [1.54, 1.807) is 6.33 Å². The van der Waals surface area contributed by atoms with Crippen LogP contribution in [0.2, 0.25) is 0 Å². The monoisotopic (exact) mass is 543 g/mol. The molecule has 1 saturated heterocycles. The highest BCUT2D eigenvalue weighted by molar-refractivity contribution is 6.07. The van der Waals surface area contributed by atoms with Crippen LogP contribution in [0.5, 0.6) is 0 Å². The fourth-order valence-electron chi connectivity index (χ4n) is 6.55. The highest BCUT2D eigenvalue weighted by atomic mass is 16.2. The molecule has 1 N–H and O–H groups in total. The third kappa shape index (κ3) is 5.68. The summed E-state index contributed by atoms with van der Waals surface area (Å²) >= 11 is 0. The molecular weight excluding hydrogens is 504 g/mol. The first-order chi connectivity index (χ1) is 20.2. The number of hydrogen-bond donors (Lipinski definition) is 1. The molecule has 1 atom stereocenters. The van der Waals surface area contributed by atoms with E-state index < -0.39 is 0 Å². The number of carbonyl (C=O) groups is 1. The summed E-state index contributed by atoms with van der Waals surface area (Å²) in [5, 5.41) is 2.15. The van der Waals surface area contributed by atoms with Crippen molar-refractivity contribution in [2.45, 2.75) is 32.2 Å². The number of imidazole rings is 1. The number of quaternary nitrogens is 1. The van der Waals surface area contributed by atoms with E-state index in [4.69, 9.17) is 0 Å². The topological polar surface area (TPSA) is 49.0 Å². The number of nitrogens with zero attached hydrogens (tertiary/aromatic N) is 3. The van der Waals surface area contributed by atoms with Gasteiger partial charge in [0.2, 0.25) is 0 Å². The zero-order valence-corrected chi connectivity index (χ0v) is 23.9. The molecule has 0 saturated carbocycles. The molecule has 1 aromatic heterocycles. The largest absolute Gasteiger partial charge is 0.344 e. The molecule has 5 nitrogen and oxygen atoms in total. The van der Waals surface area contributed by atoms with Crippen LogP contribution >= 0.6 is 0 Å². The molecule has 6 rings (SSSR count). The van der Waals surface area contributed by atoms with Gasteiger partial charge in [-0.2, -0.15) is 0 Å². The first kappa shape index (κ1) is 27.0. The molecule has 5 aromatic rings. The Kier molecular flexibility index (Phi) is 7.97. The molecule has 0 radical (unpaired) electrons. The molecule has 0 aliphatic carbocycles. The number of H-pyrrole nitrogens is 1. The molecule has 0 spiro atoms. The van der Waals surface area contributed by atoms with Crippen molar-refractivity contribution < 1.29 is 9.28 Å². The molecule has 1 aliphatic heterocycles. The van der Waals surface area contributed by atoms with Crippen LogP contribution in [0.3, 0.4) is 0 Å². The zero-order chi connectivity index (χ0) is 28.1. The van der Waals surface area contributed by atoms with Gasteiger partial charge in [-0.25, -0.2) is 4.98 Å². The van der Waals surface area contributed by atoms with Crippen molar-refractivity contribution in [3.63, 3.8) is 0 Å². The van der Waals surface area contributed by atoms with Gasteiger partial charge < -0.3 is 14.4 Å². The van der Waals surface area contributed by atoms with Gasteiger partial charge in [0, 0.05) is 12.0 Å². The van der Waals surface area contributed by atoms with Crippen LogP contribution in [-0.4, -0.2) is 58.0 Å². The van der Waals surface area contributed by atoms with E-state index in [1.165, 1.54) is 22.4 Å². The van der Waals surface area contributed by atoms with E-state index in [-0.39, 0.29) is 11.9 Å². The Morgan fingerprint density at radius 3 is 2.32 bits per heavy atom. The summed E-state index contributed by atoms with van der Waals surface area (Å²) in [6, 6.07) is 34.1. The number of unbranched alkanes of at least 4 members (excludes halogenated alkanes) is 1. The second-order valence-electron chi connectivity index (χ2n) is 11.4. The number of hydrogen-bond acceptors (Lipinski definition) is 2. The van der Waals surface area contributed by atoms with E-state index in [1.807, 2.05) is 30.5 Å². The number of aromatic nitrogens is 2. The number of benzene rings is 4. The lowest BCUT2D eigenvalue weighted by Crippen LogP contribution is -2.62. The standard InChI is InChI=1S/C36H39N4O/c1-2-3-22-40(23-20-39(21-24-40)36(41)33-15-9-13-31-12-7-8-14-32(31)33)35(34-26-37-27-38-34)25-28-16-18-30(19-17-28)29-10-5-4-6-11-29/h4-19,26-27,35H,2-3,20-25H2,1H3,(H,37,38)/q+1. The predicted octanol–water partition coefficient (Wildman–Crippen LogP) is 7.29. The number of fused-ring (bicyclic) bond motifs is 1. The van der Waals surface area contributed by atoms with Crippen LogP contribution in [0, 0.1) is 0 Å². The summed E-state index contributed by atoms with van der Waals surface area (Å²) < 4.78 is 0.968. The van der Waals surface area contributed by atoms with Gasteiger partial charge >= 0.3 is 0 Å². The fraction of sp³-hybridized carbons (Fsp3) is 0.278. The molecule has 41 heavy (non-hydrogen) atoms. The first-order valence-electron chi connectivity index (χ1n) is 14.9. The van der Waals surface area contributed by atoms with E-state index in [0.717, 1.165) is 72.8 Å². The molecule has 208 valence electrons. The molecule has 1 aliphatic rings.